The number of nitrogens with zero attached hydrogens (tertiary/aromatic N) is 2. The normalized spacial score (nSPS) is 11.0. The number of para-hydroxylation sites is 1. The van der Waals surface area contributed by atoms with Crippen LogP contribution in [0.4, 0.5) is 5.69 Å². The molecule has 0 saturated heterocycles. The van der Waals surface area contributed by atoms with Crippen molar-refractivity contribution in [1.82, 2.24) is 4.98 Å². The molecule has 6 heteroatoms. The lowest BCUT2D eigenvalue weighted by Gasteiger charge is -2.10. The van der Waals surface area contributed by atoms with Crippen LogP contribution in [0.1, 0.15) is 23.6 Å². The van der Waals surface area contributed by atoms with Gasteiger partial charge in [0.25, 0.3) is 5.91 Å². The van der Waals surface area contributed by atoms with Crippen LogP contribution in [0.2, 0.25) is 0 Å². The Bertz CT molecular complexity index is 970. The molecule has 0 bridgehead atoms. The Balaban J connectivity index is 1.48. The van der Waals surface area contributed by atoms with E-state index in [1.165, 1.54) is 0 Å². The lowest BCUT2D eigenvalue weighted by Crippen LogP contribution is -2.20. The summed E-state index contributed by atoms with van der Waals surface area (Å²) in [5, 5.41) is 6.98. The molecule has 0 radical (unpaired) electrons. The second kappa shape index (κ2) is 10.0. The van der Waals surface area contributed by atoms with Gasteiger partial charge in [0.15, 0.2) is 6.61 Å². The Kier molecular flexibility index (Phi) is 6.95. The predicted octanol–water partition coefficient (Wildman–Crippen LogP) is 4.35. The van der Waals surface area contributed by atoms with Crippen molar-refractivity contribution in [3.05, 3.63) is 89.7 Å². The molecule has 1 heterocycles. The lowest BCUT2D eigenvalue weighted by molar-refractivity contribution is -0.118. The zero-order valence-corrected chi connectivity index (χ0v) is 16.5. The summed E-state index contributed by atoms with van der Waals surface area (Å²) in [5.74, 6) is 0.405. The van der Waals surface area contributed by atoms with Gasteiger partial charge in [-0.3, -0.25) is 9.78 Å². The maximum atomic E-state index is 12.1. The van der Waals surface area contributed by atoms with Gasteiger partial charge in [-0.15, -0.1) is 0 Å². The molecule has 0 aliphatic carbocycles. The van der Waals surface area contributed by atoms with Crippen molar-refractivity contribution in [2.45, 2.75) is 20.5 Å². The summed E-state index contributed by atoms with van der Waals surface area (Å²) >= 11 is 0. The molecule has 3 aromatic rings. The quantitative estimate of drug-likeness (QED) is 0.459. The van der Waals surface area contributed by atoms with Crippen LogP contribution in [0.25, 0.3) is 0 Å². The predicted molar refractivity (Wildman–Crippen MR) is 113 cm³/mol. The van der Waals surface area contributed by atoms with E-state index in [-0.39, 0.29) is 12.5 Å². The van der Waals surface area contributed by atoms with Crippen LogP contribution in [-0.2, 0) is 16.2 Å². The second-order valence-corrected chi connectivity index (χ2v) is 6.49. The van der Waals surface area contributed by atoms with Gasteiger partial charge in [0.1, 0.15) is 12.4 Å². The fourth-order valence-electron chi connectivity index (χ4n) is 2.58. The molecule has 0 aliphatic heterocycles. The Hall–Kier alpha value is -3.67. The van der Waals surface area contributed by atoms with E-state index in [0.29, 0.717) is 12.4 Å². The molecule has 0 unspecified atom stereocenters. The minimum atomic E-state index is -0.204. The van der Waals surface area contributed by atoms with E-state index in [4.69, 9.17) is 9.57 Å². The number of nitrogens with one attached hydrogen (secondary N) is 1. The minimum absolute atomic E-state index is 0.0605. The Labute approximate surface area is 170 Å². The molecule has 3 rings (SSSR count). The summed E-state index contributed by atoms with van der Waals surface area (Å²) < 4.78 is 5.56. The van der Waals surface area contributed by atoms with Crippen molar-refractivity contribution in [2.24, 2.45) is 5.16 Å². The van der Waals surface area contributed by atoms with Crippen molar-refractivity contribution >= 4 is 17.3 Å². The SMILES string of the molecule is C/C(=N\OCc1cccnc1)c1ccc(OCC(=O)Nc2ccccc2C)cc1. The zero-order valence-electron chi connectivity index (χ0n) is 16.5. The van der Waals surface area contributed by atoms with Crippen LogP contribution < -0.4 is 10.1 Å². The summed E-state index contributed by atoms with van der Waals surface area (Å²) in [4.78, 5) is 21.5. The monoisotopic (exact) mass is 389 g/mol. The van der Waals surface area contributed by atoms with Gasteiger partial charge < -0.3 is 14.9 Å². The Morgan fingerprint density at radius 1 is 1.07 bits per heavy atom. The molecule has 1 aromatic heterocycles. The van der Waals surface area contributed by atoms with Crippen molar-refractivity contribution in [2.75, 3.05) is 11.9 Å². The number of ether oxygens (including phenoxy) is 1. The summed E-state index contributed by atoms with van der Waals surface area (Å²) in [5.41, 5.74) is 4.41. The first-order valence-electron chi connectivity index (χ1n) is 9.26. The van der Waals surface area contributed by atoms with Crippen LogP contribution >= 0.6 is 0 Å². The van der Waals surface area contributed by atoms with Gasteiger partial charge in [-0.1, -0.05) is 29.4 Å². The molecule has 6 nitrogen and oxygen atoms in total. The number of carbonyl (C=O) groups is 1. The fraction of sp³-hybridized carbons (Fsp3) is 0.174. The highest BCUT2D eigenvalue weighted by Crippen LogP contribution is 2.15. The minimum Gasteiger partial charge on any atom is -0.484 e. The molecular formula is C23H23N3O3. The summed E-state index contributed by atoms with van der Waals surface area (Å²) in [7, 11) is 0. The molecule has 0 aliphatic rings. The highest BCUT2D eigenvalue weighted by Gasteiger charge is 2.06. The van der Waals surface area contributed by atoms with Gasteiger partial charge in [-0.25, -0.2) is 0 Å². The Morgan fingerprint density at radius 2 is 1.86 bits per heavy atom. The molecule has 2 aromatic carbocycles. The van der Waals surface area contributed by atoms with Gasteiger partial charge in [0.05, 0.1) is 5.71 Å². The first-order valence-corrected chi connectivity index (χ1v) is 9.26. The molecule has 0 spiro atoms. The van der Waals surface area contributed by atoms with Crippen LogP contribution in [0.5, 0.6) is 5.75 Å². The zero-order chi connectivity index (χ0) is 20.5. The van der Waals surface area contributed by atoms with Gasteiger partial charge in [0, 0.05) is 23.6 Å². The number of hydrogen-bond donors (Lipinski definition) is 1. The topological polar surface area (TPSA) is 72.8 Å². The van der Waals surface area contributed by atoms with Crippen molar-refractivity contribution in [1.29, 1.82) is 0 Å². The van der Waals surface area contributed by atoms with Crippen molar-refractivity contribution in [3.8, 4) is 5.75 Å². The number of benzene rings is 2. The van der Waals surface area contributed by atoms with E-state index < -0.39 is 0 Å². The number of anilines is 1. The smallest absolute Gasteiger partial charge is 0.262 e. The third kappa shape index (κ3) is 6.17. The third-order valence-electron chi connectivity index (χ3n) is 4.22. The number of hydrogen-bond acceptors (Lipinski definition) is 5. The number of aryl methyl sites for hydroxylation is 1. The number of amides is 1. The average Bonchev–Trinajstić information content (AvgIpc) is 2.75. The van der Waals surface area contributed by atoms with E-state index in [1.54, 1.807) is 24.5 Å². The first-order chi connectivity index (χ1) is 14.1. The molecular weight excluding hydrogens is 366 g/mol. The molecule has 1 amide bonds. The van der Waals surface area contributed by atoms with Crippen LogP contribution in [0.15, 0.2) is 78.2 Å². The van der Waals surface area contributed by atoms with E-state index in [1.807, 2.05) is 62.4 Å². The molecule has 1 N–H and O–H groups in total. The van der Waals surface area contributed by atoms with Crippen LogP contribution in [0.3, 0.4) is 0 Å². The number of rotatable bonds is 8. The van der Waals surface area contributed by atoms with E-state index in [2.05, 4.69) is 15.5 Å². The second-order valence-electron chi connectivity index (χ2n) is 6.49. The fourth-order valence-corrected chi connectivity index (χ4v) is 2.58. The third-order valence-corrected chi connectivity index (χ3v) is 4.22. The maximum absolute atomic E-state index is 12.1. The maximum Gasteiger partial charge on any atom is 0.262 e. The van der Waals surface area contributed by atoms with Crippen molar-refractivity contribution < 1.29 is 14.4 Å². The van der Waals surface area contributed by atoms with Gasteiger partial charge >= 0.3 is 0 Å². The largest absolute Gasteiger partial charge is 0.484 e. The summed E-state index contributed by atoms with van der Waals surface area (Å²) in [6.07, 6.45) is 3.46. The van der Waals surface area contributed by atoms with Crippen LogP contribution in [0, 0.1) is 6.92 Å². The van der Waals surface area contributed by atoms with Gasteiger partial charge in [0.2, 0.25) is 0 Å². The standard InChI is InChI=1S/C23H23N3O3/c1-17-6-3-4-8-22(17)25-23(27)16-28-21-11-9-20(10-12-21)18(2)26-29-15-19-7-5-13-24-14-19/h3-14H,15-16H2,1-2H3,(H,25,27)/b26-18+. The Morgan fingerprint density at radius 3 is 2.59 bits per heavy atom. The molecule has 0 atom stereocenters. The number of aromatic nitrogens is 1. The van der Waals surface area contributed by atoms with Gasteiger partial charge in [-0.2, -0.15) is 0 Å². The molecule has 0 saturated carbocycles. The summed E-state index contributed by atoms with van der Waals surface area (Å²) in [6.45, 7) is 4.12. The van der Waals surface area contributed by atoms with Crippen LogP contribution in [-0.4, -0.2) is 23.2 Å². The lowest BCUT2D eigenvalue weighted by atomic mass is 10.1. The molecule has 148 valence electrons. The van der Waals surface area contributed by atoms with Crippen molar-refractivity contribution in [3.63, 3.8) is 0 Å². The highest BCUT2D eigenvalue weighted by molar-refractivity contribution is 5.98. The number of pyridine rings is 1. The average molecular weight is 389 g/mol. The molecule has 29 heavy (non-hydrogen) atoms. The van der Waals surface area contributed by atoms with E-state index >= 15 is 0 Å². The van der Waals surface area contributed by atoms with E-state index in [9.17, 15) is 4.79 Å². The number of oxime groups is 1. The van der Waals surface area contributed by atoms with Gasteiger partial charge in [-0.05, 0) is 61.4 Å². The van der Waals surface area contributed by atoms with E-state index in [0.717, 1.165) is 28.1 Å². The molecule has 0 fully saturated rings. The number of carbonyl (C=O) groups excluding carboxylic acids is 1. The first kappa shape index (κ1) is 20.1. The summed E-state index contributed by atoms with van der Waals surface area (Å²) in [6, 6.07) is 18.8. The highest BCUT2D eigenvalue weighted by atomic mass is 16.6.